The molecular formula is C40H38F4N12O. The molecule has 1 amide bonds. The second-order valence-corrected chi connectivity index (χ2v) is 12.2. The number of guanidine groups is 2. The van der Waals surface area contributed by atoms with Crippen molar-refractivity contribution in [2.45, 2.75) is 18.6 Å². The van der Waals surface area contributed by atoms with Crippen LogP contribution in [0.3, 0.4) is 0 Å². The quantitative estimate of drug-likeness (QED) is 0.0667. The topological polar surface area (TPSA) is 185 Å². The third-order valence-corrected chi connectivity index (χ3v) is 8.44. The van der Waals surface area contributed by atoms with Crippen LogP contribution < -0.4 is 17.2 Å². The van der Waals surface area contributed by atoms with Crippen molar-refractivity contribution in [1.82, 2.24) is 34.4 Å². The fourth-order valence-electron chi connectivity index (χ4n) is 5.60. The highest BCUT2D eigenvalue weighted by Crippen LogP contribution is 2.40. The largest absolute Gasteiger partial charge is 0.370 e. The van der Waals surface area contributed by atoms with E-state index < -0.39 is 30.8 Å². The number of rotatable bonds is 8. The summed E-state index contributed by atoms with van der Waals surface area (Å²) in [5, 5.41) is 8.14. The Bertz CT molecular complexity index is 2450. The number of carbonyl (C=O) groups excluding carboxylic acids is 1. The van der Waals surface area contributed by atoms with Crippen molar-refractivity contribution in [3.8, 4) is 34.1 Å². The highest BCUT2D eigenvalue weighted by molar-refractivity contribution is 6.09. The molecule has 1 unspecified atom stereocenters. The van der Waals surface area contributed by atoms with Gasteiger partial charge in [-0.15, -0.1) is 0 Å². The average Bonchev–Trinajstić information content (AvgIpc) is 3.94. The predicted octanol–water partition coefficient (Wildman–Crippen LogP) is 4.43. The fourth-order valence-corrected chi connectivity index (χ4v) is 5.60. The number of pyridine rings is 2. The number of nitrogens with two attached hydrogens (primary N) is 3. The minimum Gasteiger partial charge on any atom is -0.370 e. The standard InChI is InChI=1S/C20H18F2N6O.C18H13F2N3.C2H7N3/c1-27-18(29)20(26-19(27)23,15-11-25-28(12-15)9-7-21)14-5-2-4-13(10-14)16-6-3-8-24-17(16)22;19-8-10-23-13-15(12-22-23)7-6-14-3-1-4-16(11-14)17-5-2-9-21-18(17)20;1-5-2(3)4/h2-6,8,10-12H,7,9H2,1H3,(H2,23,26);1-5,9,11-13H,8,10H2;1H3,(H4,3,4,5). The Morgan fingerprint density at radius 3 is 1.89 bits per heavy atom. The molecule has 1 atom stereocenters. The molecule has 57 heavy (non-hydrogen) atoms. The fraction of sp³-hybridized carbons (Fsp3) is 0.175. The number of hydrogen-bond donors (Lipinski definition) is 3. The number of benzene rings is 2. The molecule has 0 spiro atoms. The van der Waals surface area contributed by atoms with Gasteiger partial charge in [0.25, 0.3) is 5.91 Å². The van der Waals surface area contributed by atoms with Crippen molar-refractivity contribution in [3.05, 3.63) is 144 Å². The number of aromatic nitrogens is 6. The molecule has 0 aliphatic carbocycles. The second kappa shape index (κ2) is 18.8. The summed E-state index contributed by atoms with van der Waals surface area (Å²) in [5.41, 5.74) is 18.5. The predicted molar refractivity (Wildman–Crippen MR) is 209 cm³/mol. The molecule has 0 bridgehead atoms. The van der Waals surface area contributed by atoms with E-state index in [2.05, 4.69) is 42.0 Å². The Hall–Kier alpha value is -7.35. The summed E-state index contributed by atoms with van der Waals surface area (Å²) in [5.74, 6) is 4.65. The lowest BCUT2D eigenvalue weighted by Gasteiger charge is -2.25. The molecule has 4 aromatic heterocycles. The molecule has 5 heterocycles. The van der Waals surface area contributed by atoms with Crippen LogP contribution in [0.15, 0.2) is 120 Å². The molecule has 7 rings (SSSR count). The van der Waals surface area contributed by atoms with E-state index in [1.165, 1.54) is 46.9 Å². The highest BCUT2D eigenvalue weighted by atomic mass is 19.1. The van der Waals surface area contributed by atoms with Crippen molar-refractivity contribution < 1.29 is 22.4 Å². The number of halogens is 4. The summed E-state index contributed by atoms with van der Waals surface area (Å²) < 4.78 is 55.8. The van der Waals surface area contributed by atoms with Gasteiger partial charge < -0.3 is 17.2 Å². The number of nitrogens with zero attached hydrogens (tertiary/aromatic N) is 9. The van der Waals surface area contributed by atoms with Crippen LogP contribution in [0.2, 0.25) is 0 Å². The van der Waals surface area contributed by atoms with Gasteiger partial charge in [0.15, 0.2) is 17.5 Å². The molecule has 6 aromatic rings. The number of aliphatic imine (C=N–C) groups is 2. The number of alkyl halides is 2. The number of hydrogen-bond acceptors (Lipinski definition) is 8. The monoisotopic (exact) mass is 778 g/mol. The van der Waals surface area contributed by atoms with Gasteiger partial charge in [-0.05, 0) is 59.2 Å². The van der Waals surface area contributed by atoms with E-state index in [1.807, 2.05) is 18.2 Å². The molecule has 1 aliphatic heterocycles. The number of aryl methyl sites for hydroxylation is 2. The molecular weight excluding hydrogens is 741 g/mol. The van der Waals surface area contributed by atoms with Crippen molar-refractivity contribution >= 4 is 17.8 Å². The normalized spacial score (nSPS) is 14.3. The maximum Gasteiger partial charge on any atom is 0.266 e. The van der Waals surface area contributed by atoms with Gasteiger partial charge in [-0.25, -0.2) is 23.7 Å². The smallest absolute Gasteiger partial charge is 0.266 e. The van der Waals surface area contributed by atoms with E-state index in [9.17, 15) is 22.4 Å². The van der Waals surface area contributed by atoms with Crippen LogP contribution in [0, 0.1) is 23.7 Å². The maximum absolute atomic E-state index is 14.2. The van der Waals surface area contributed by atoms with Gasteiger partial charge in [-0.3, -0.25) is 24.1 Å². The van der Waals surface area contributed by atoms with Crippen LogP contribution in [0.25, 0.3) is 22.3 Å². The molecule has 0 saturated carbocycles. The van der Waals surface area contributed by atoms with E-state index in [0.717, 1.165) is 11.1 Å². The van der Waals surface area contributed by atoms with E-state index >= 15 is 0 Å². The summed E-state index contributed by atoms with van der Waals surface area (Å²) in [4.78, 5) is 29.7. The van der Waals surface area contributed by atoms with Gasteiger partial charge >= 0.3 is 0 Å². The highest BCUT2D eigenvalue weighted by Gasteiger charge is 2.50. The molecule has 17 heteroatoms. The third kappa shape index (κ3) is 9.67. The zero-order valence-corrected chi connectivity index (χ0v) is 30.9. The van der Waals surface area contributed by atoms with Gasteiger partial charge in [0.1, 0.15) is 13.3 Å². The molecule has 0 radical (unpaired) electrons. The average molecular weight is 779 g/mol. The second-order valence-electron chi connectivity index (χ2n) is 12.2. The number of likely N-dealkylation sites (N-methyl/N-ethyl adjacent to an activating group) is 1. The molecule has 6 N–H and O–H groups in total. The Balaban J connectivity index is 0.000000199. The minimum atomic E-state index is -1.48. The lowest BCUT2D eigenvalue weighted by atomic mass is 9.83. The van der Waals surface area contributed by atoms with Gasteiger partial charge in [-0.2, -0.15) is 19.0 Å². The zero-order valence-electron chi connectivity index (χ0n) is 30.9. The summed E-state index contributed by atoms with van der Waals surface area (Å²) in [6, 6.07) is 20.7. The number of carbonyl (C=O) groups is 1. The van der Waals surface area contributed by atoms with Crippen molar-refractivity contribution in [2.75, 3.05) is 27.4 Å². The lowest BCUT2D eigenvalue weighted by molar-refractivity contribution is -0.129. The first-order chi connectivity index (χ1) is 27.5. The van der Waals surface area contributed by atoms with Crippen LogP contribution in [-0.2, 0) is 23.4 Å². The van der Waals surface area contributed by atoms with Gasteiger partial charge in [0, 0.05) is 61.1 Å². The summed E-state index contributed by atoms with van der Waals surface area (Å²) in [6.45, 7) is -0.784. The zero-order chi connectivity index (χ0) is 41.0. The van der Waals surface area contributed by atoms with Gasteiger partial charge in [0.2, 0.25) is 11.9 Å². The van der Waals surface area contributed by atoms with Crippen LogP contribution in [0.1, 0.15) is 22.3 Å². The molecule has 2 aromatic carbocycles. The van der Waals surface area contributed by atoms with Crippen molar-refractivity contribution in [1.29, 1.82) is 0 Å². The van der Waals surface area contributed by atoms with E-state index in [1.54, 1.807) is 73.2 Å². The number of amides is 1. The molecule has 0 fully saturated rings. The summed E-state index contributed by atoms with van der Waals surface area (Å²) >= 11 is 0. The molecule has 1 aliphatic rings. The maximum atomic E-state index is 14.2. The molecule has 13 nitrogen and oxygen atoms in total. The lowest BCUT2D eigenvalue weighted by Crippen LogP contribution is -2.41. The Morgan fingerprint density at radius 2 is 1.33 bits per heavy atom. The first-order valence-electron chi connectivity index (χ1n) is 17.2. The Morgan fingerprint density at radius 1 is 0.772 bits per heavy atom. The van der Waals surface area contributed by atoms with Crippen LogP contribution in [-0.4, -0.2) is 79.7 Å². The Kier molecular flexibility index (Phi) is 13.5. The summed E-state index contributed by atoms with van der Waals surface area (Å²) in [6.07, 6.45) is 9.11. The van der Waals surface area contributed by atoms with Crippen molar-refractivity contribution in [2.24, 2.45) is 27.2 Å². The molecule has 0 saturated heterocycles. The van der Waals surface area contributed by atoms with Crippen molar-refractivity contribution in [3.63, 3.8) is 0 Å². The Labute approximate surface area is 325 Å². The minimum absolute atomic E-state index is 0.0474. The summed E-state index contributed by atoms with van der Waals surface area (Å²) in [7, 11) is 3.06. The van der Waals surface area contributed by atoms with E-state index in [-0.39, 0.29) is 30.9 Å². The van der Waals surface area contributed by atoms with Gasteiger partial charge in [-0.1, -0.05) is 42.2 Å². The van der Waals surface area contributed by atoms with Crippen LogP contribution in [0.4, 0.5) is 17.6 Å². The van der Waals surface area contributed by atoms with Crippen LogP contribution in [0.5, 0.6) is 0 Å². The van der Waals surface area contributed by atoms with E-state index in [4.69, 9.17) is 17.2 Å². The SMILES string of the molecule is CN1C(=O)C(c2cccc(-c3cccnc3F)c2)(c2cnn(CCF)c2)N=C1N.CN=C(N)N.FCCn1cc(C#Cc2cccc(-c3cccnc3F)c2)cn1. The third-order valence-electron chi connectivity index (χ3n) is 8.44. The first kappa shape index (κ1) is 40.8. The molecule has 292 valence electrons. The van der Waals surface area contributed by atoms with Crippen LogP contribution >= 0.6 is 0 Å². The van der Waals surface area contributed by atoms with E-state index in [0.29, 0.717) is 33.4 Å². The first-order valence-corrected chi connectivity index (χ1v) is 17.2. The van der Waals surface area contributed by atoms with Gasteiger partial charge in [0.05, 0.1) is 31.0 Å².